The molecule has 0 saturated heterocycles. The van der Waals surface area contributed by atoms with Crippen molar-refractivity contribution in [1.82, 2.24) is 0 Å². The molecule has 0 aliphatic rings. The Morgan fingerprint density at radius 1 is 1.50 bits per heavy atom. The highest BCUT2D eigenvalue weighted by molar-refractivity contribution is 6.69. The van der Waals surface area contributed by atoms with E-state index in [1.807, 2.05) is 0 Å². The van der Waals surface area contributed by atoms with E-state index in [1.165, 1.54) is 31.4 Å². The maximum absolute atomic E-state index is 10.3. The topological polar surface area (TPSA) is 64.7 Å². The van der Waals surface area contributed by atoms with Gasteiger partial charge >= 0.3 is 0 Å². The van der Waals surface area contributed by atoms with Crippen LogP contribution >= 0.6 is 11.6 Å². The number of benzene rings is 1. The summed E-state index contributed by atoms with van der Waals surface area (Å²) < 4.78 is 0. The summed E-state index contributed by atoms with van der Waals surface area (Å²) in [5.41, 5.74) is 0.578. The number of hydrogen-bond acceptors (Lipinski definition) is 4. The first-order valence-corrected chi connectivity index (χ1v) is 4.04. The lowest BCUT2D eigenvalue weighted by Gasteiger charge is -1.96. The van der Waals surface area contributed by atoms with Gasteiger partial charge in [-0.1, -0.05) is 16.8 Å². The number of hydrogen-bond donors (Lipinski definition) is 0. The van der Waals surface area contributed by atoms with Crippen LogP contribution in [0.5, 0.6) is 0 Å². The Morgan fingerprint density at radius 3 is 2.50 bits per heavy atom. The molecule has 0 saturated carbocycles. The van der Waals surface area contributed by atoms with E-state index in [1.54, 1.807) is 0 Å². The Labute approximate surface area is 85.1 Å². The van der Waals surface area contributed by atoms with Crippen LogP contribution in [-0.2, 0) is 4.84 Å². The van der Waals surface area contributed by atoms with Gasteiger partial charge in [0.25, 0.3) is 5.69 Å². The van der Waals surface area contributed by atoms with Gasteiger partial charge in [-0.25, -0.2) is 0 Å². The summed E-state index contributed by atoms with van der Waals surface area (Å²) in [6.07, 6.45) is 0. The highest BCUT2D eigenvalue weighted by Gasteiger charge is 2.06. The standard InChI is InChI=1S/C8H7ClN2O3/c1-14-10-8(9)6-2-4-7(5-3-6)11(12)13/h2-5H,1H3/b10-8-. The molecular formula is C8H7ClN2O3. The van der Waals surface area contributed by atoms with Gasteiger partial charge in [-0.2, -0.15) is 0 Å². The summed E-state index contributed by atoms with van der Waals surface area (Å²) in [6, 6.07) is 5.71. The number of halogens is 1. The maximum Gasteiger partial charge on any atom is 0.269 e. The van der Waals surface area contributed by atoms with Gasteiger partial charge in [0.15, 0.2) is 5.17 Å². The smallest absolute Gasteiger partial charge is 0.269 e. The lowest BCUT2D eigenvalue weighted by molar-refractivity contribution is -0.384. The lowest BCUT2D eigenvalue weighted by atomic mass is 10.2. The van der Waals surface area contributed by atoms with Crippen molar-refractivity contribution in [2.75, 3.05) is 7.11 Å². The molecule has 1 aromatic carbocycles. The molecule has 0 fully saturated rings. The third-order valence-electron chi connectivity index (χ3n) is 1.49. The maximum atomic E-state index is 10.3. The number of rotatable bonds is 3. The molecule has 1 rings (SSSR count). The van der Waals surface area contributed by atoms with E-state index in [2.05, 4.69) is 9.99 Å². The van der Waals surface area contributed by atoms with Crippen molar-refractivity contribution in [3.05, 3.63) is 39.9 Å². The van der Waals surface area contributed by atoms with Crippen LogP contribution in [0, 0.1) is 10.1 Å². The molecule has 0 aliphatic carbocycles. The minimum atomic E-state index is -0.481. The van der Waals surface area contributed by atoms with Gasteiger partial charge in [0.2, 0.25) is 0 Å². The van der Waals surface area contributed by atoms with E-state index >= 15 is 0 Å². The number of nitrogens with zero attached hydrogens (tertiary/aromatic N) is 2. The monoisotopic (exact) mass is 214 g/mol. The van der Waals surface area contributed by atoms with Gasteiger partial charge in [0.05, 0.1) is 4.92 Å². The van der Waals surface area contributed by atoms with Crippen molar-refractivity contribution in [3.63, 3.8) is 0 Å². The fraction of sp³-hybridized carbons (Fsp3) is 0.125. The van der Waals surface area contributed by atoms with Crippen molar-refractivity contribution in [3.8, 4) is 0 Å². The van der Waals surface area contributed by atoms with Crippen molar-refractivity contribution in [2.24, 2.45) is 5.16 Å². The summed E-state index contributed by atoms with van der Waals surface area (Å²) in [4.78, 5) is 14.3. The van der Waals surface area contributed by atoms with Gasteiger partial charge in [0, 0.05) is 17.7 Å². The molecule has 0 N–H and O–H groups in total. The van der Waals surface area contributed by atoms with Gasteiger partial charge in [-0.3, -0.25) is 10.1 Å². The van der Waals surface area contributed by atoms with Gasteiger partial charge in [0.1, 0.15) is 7.11 Å². The predicted octanol–water partition coefficient (Wildman–Crippen LogP) is 2.14. The average molecular weight is 215 g/mol. The van der Waals surface area contributed by atoms with E-state index in [-0.39, 0.29) is 10.9 Å². The Balaban J connectivity index is 2.94. The van der Waals surface area contributed by atoms with Crippen LogP contribution in [0.1, 0.15) is 5.56 Å². The Hall–Kier alpha value is -1.62. The molecular weight excluding hydrogens is 208 g/mol. The minimum absolute atomic E-state index is 0.00985. The molecule has 0 unspecified atom stereocenters. The van der Waals surface area contributed by atoms with Gasteiger partial charge < -0.3 is 4.84 Å². The van der Waals surface area contributed by atoms with Crippen LogP contribution in [0.25, 0.3) is 0 Å². The predicted molar refractivity (Wildman–Crippen MR) is 52.5 cm³/mol. The van der Waals surface area contributed by atoms with Gasteiger partial charge in [-0.15, -0.1) is 0 Å². The zero-order valence-electron chi connectivity index (χ0n) is 7.31. The second-order valence-electron chi connectivity index (χ2n) is 2.37. The fourth-order valence-corrected chi connectivity index (χ4v) is 1.05. The van der Waals surface area contributed by atoms with Crippen LogP contribution < -0.4 is 0 Å². The first-order valence-electron chi connectivity index (χ1n) is 3.66. The molecule has 1 aromatic rings. The van der Waals surface area contributed by atoms with E-state index in [9.17, 15) is 10.1 Å². The second kappa shape index (κ2) is 4.57. The first kappa shape index (κ1) is 10.5. The molecule has 0 bridgehead atoms. The van der Waals surface area contributed by atoms with Gasteiger partial charge in [-0.05, 0) is 12.1 Å². The molecule has 5 nitrogen and oxygen atoms in total. The molecule has 0 aliphatic heterocycles. The Bertz CT molecular complexity index is 361. The van der Waals surface area contributed by atoms with Crippen LogP contribution in [0.15, 0.2) is 29.4 Å². The summed E-state index contributed by atoms with van der Waals surface area (Å²) in [5.74, 6) is 0. The largest absolute Gasteiger partial charge is 0.398 e. The molecule has 6 heteroatoms. The molecule has 0 aromatic heterocycles. The van der Waals surface area contributed by atoms with Crippen molar-refractivity contribution < 1.29 is 9.76 Å². The van der Waals surface area contributed by atoms with E-state index in [0.717, 1.165) is 0 Å². The van der Waals surface area contributed by atoms with Crippen molar-refractivity contribution in [2.45, 2.75) is 0 Å². The Morgan fingerprint density at radius 2 is 2.07 bits per heavy atom. The van der Waals surface area contributed by atoms with Crippen molar-refractivity contribution in [1.29, 1.82) is 0 Å². The molecule has 0 spiro atoms. The molecule has 0 heterocycles. The summed E-state index contributed by atoms with van der Waals surface area (Å²) >= 11 is 5.69. The van der Waals surface area contributed by atoms with Crippen LogP contribution in [-0.4, -0.2) is 17.2 Å². The molecule has 74 valence electrons. The molecule has 0 atom stereocenters. The minimum Gasteiger partial charge on any atom is -0.398 e. The van der Waals surface area contributed by atoms with E-state index in [0.29, 0.717) is 5.56 Å². The first-order chi connectivity index (χ1) is 6.65. The van der Waals surface area contributed by atoms with E-state index < -0.39 is 4.92 Å². The molecule has 14 heavy (non-hydrogen) atoms. The molecule has 0 radical (unpaired) electrons. The Kier molecular flexibility index (Phi) is 3.41. The zero-order valence-corrected chi connectivity index (χ0v) is 8.06. The quantitative estimate of drug-likeness (QED) is 0.440. The summed E-state index contributed by atoms with van der Waals surface area (Å²) in [5, 5.41) is 14.0. The number of non-ortho nitro benzene ring substituents is 1. The number of oxime groups is 1. The van der Waals surface area contributed by atoms with Crippen molar-refractivity contribution >= 4 is 22.5 Å². The third kappa shape index (κ3) is 2.43. The highest BCUT2D eigenvalue weighted by atomic mass is 35.5. The van der Waals surface area contributed by atoms with Crippen LogP contribution in [0.4, 0.5) is 5.69 Å². The fourth-order valence-electron chi connectivity index (χ4n) is 0.854. The third-order valence-corrected chi connectivity index (χ3v) is 1.77. The van der Waals surface area contributed by atoms with Crippen LogP contribution in [0.2, 0.25) is 0 Å². The summed E-state index contributed by atoms with van der Waals surface area (Å²) in [7, 11) is 1.37. The number of nitro benzene ring substituents is 1. The lowest BCUT2D eigenvalue weighted by Crippen LogP contribution is -1.93. The van der Waals surface area contributed by atoms with Crippen LogP contribution in [0.3, 0.4) is 0 Å². The highest BCUT2D eigenvalue weighted by Crippen LogP contribution is 2.13. The summed E-state index contributed by atoms with van der Waals surface area (Å²) in [6.45, 7) is 0. The normalized spacial score (nSPS) is 11.1. The van der Waals surface area contributed by atoms with E-state index in [4.69, 9.17) is 11.6 Å². The average Bonchev–Trinajstić information content (AvgIpc) is 2.18. The number of nitro groups is 1. The zero-order chi connectivity index (χ0) is 10.6. The molecule has 0 amide bonds. The second-order valence-corrected chi connectivity index (χ2v) is 2.73. The SMILES string of the molecule is CO/N=C(\Cl)c1ccc([N+](=O)[O-])cc1.